The molecule has 0 aromatic heterocycles. The van der Waals surface area contributed by atoms with Crippen LogP contribution in [0.25, 0.3) is 11.1 Å². The molecule has 7 N–H and O–H groups in total. The SMILES string of the molecule is CC(=O)NCC[C@H](O)C(CN=O)CNC(=O)CC(N[C@@H](O)OCC1c2ccccc2-c2ccccc21)C(=O)ON. The second kappa shape index (κ2) is 15.1. The monoisotopic (exact) mass is 557 g/mol. The van der Waals surface area contributed by atoms with Gasteiger partial charge in [0.1, 0.15) is 6.04 Å². The molecule has 0 bridgehead atoms. The van der Waals surface area contributed by atoms with Gasteiger partial charge in [0.25, 0.3) is 0 Å². The maximum absolute atomic E-state index is 12.6. The van der Waals surface area contributed by atoms with Crippen LogP contribution in [0.15, 0.2) is 53.7 Å². The Kier molecular flexibility index (Phi) is 11.7. The normalized spacial score (nSPS) is 15.2. The molecule has 4 atom stereocenters. The molecular weight excluding hydrogens is 522 g/mol. The van der Waals surface area contributed by atoms with E-state index in [-0.39, 0.29) is 44.5 Å². The Morgan fingerprint density at radius 3 is 2.23 bits per heavy atom. The molecule has 1 aliphatic rings. The van der Waals surface area contributed by atoms with E-state index < -0.39 is 42.8 Å². The topological polar surface area (TPSA) is 202 Å². The minimum Gasteiger partial charge on any atom is -0.393 e. The third-order valence-corrected chi connectivity index (χ3v) is 6.75. The standard InChI is InChI=1S/C27H35N5O8/c1-16(33)29-11-10-24(34)17(14-31-38)13-30-25(35)12-23(26(36)40-28)32-27(37)39-15-22-20-8-4-2-6-18(20)19-7-3-5-9-21(19)22/h2-9,17,22-24,27,32,34,37H,10-15,28H2,1H3,(H,29,33)(H,30,35)/t17?,23?,24-,27-/m0/s1. The summed E-state index contributed by atoms with van der Waals surface area (Å²) in [5.74, 6) is 2.25. The molecule has 2 amide bonds. The first-order chi connectivity index (χ1) is 19.2. The molecule has 13 nitrogen and oxygen atoms in total. The van der Waals surface area contributed by atoms with Crippen LogP contribution in [-0.2, 0) is 24.0 Å². The zero-order valence-corrected chi connectivity index (χ0v) is 22.1. The number of hydrogen-bond donors (Lipinski definition) is 6. The van der Waals surface area contributed by atoms with Gasteiger partial charge in [-0.1, -0.05) is 53.7 Å². The number of aliphatic hydroxyl groups is 2. The van der Waals surface area contributed by atoms with E-state index in [9.17, 15) is 29.5 Å². The molecule has 0 heterocycles. The Balaban J connectivity index is 1.54. The van der Waals surface area contributed by atoms with Crippen LogP contribution in [0, 0.1) is 10.8 Å². The predicted molar refractivity (Wildman–Crippen MR) is 144 cm³/mol. The van der Waals surface area contributed by atoms with Gasteiger partial charge in [-0.15, -0.1) is 0 Å². The lowest BCUT2D eigenvalue weighted by atomic mass is 9.98. The van der Waals surface area contributed by atoms with E-state index in [2.05, 4.69) is 26.0 Å². The highest BCUT2D eigenvalue weighted by atomic mass is 16.7. The summed E-state index contributed by atoms with van der Waals surface area (Å²) in [6.45, 7) is 1.23. The van der Waals surface area contributed by atoms with Gasteiger partial charge in [-0.3, -0.25) is 14.9 Å². The Morgan fingerprint density at radius 1 is 1.02 bits per heavy atom. The Bertz CT molecular complexity index is 1130. The van der Waals surface area contributed by atoms with Crippen molar-refractivity contribution in [3.05, 3.63) is 64.6 Å². The number of carbonyl (C=O) groups is 3. The van der Waals surface area contributed by atoms with Crippen LogP contribution in [0.5, 0.6) is 0 Å². The average molecular weight is 558 g/mol. The van der Waals surface area contributed by atoms with Crippen LogP contribution in [0.4, 0.5) is 0 Å². The summed E-state index contributed by atoms with van der Waals surface area (Å²) in [5, 5.41) is 31.2. The zero-order chi connectivity index (χ0) is 29.1. The first-order valence-corrected chi connectivity index (χ1v) is 12.9. The third kappa shape index (κ3) is 8.37. The molecule has 0 aliphatic heterocycles. The quantitative estimate of drug-likeness (QED) is 0.0943. The lowest BCUT2D eigenvalue weighted by Gasteiger charge is -2.23. The Morgan fingerprint density at radius 2 is 1.65 bits per heavy atom. The molecule has 0 spiro atoms. The first kappa shape index (κ1) is 30.8. The number of hydrogen-bond acceptors (Lipinski definition) is 11. The van der Waals surface area contributed by atoms with E-state index >= 15 is 0 Å². The highest BCUT2D eigenvalue weighted by molar-refractivity contribution is 5.85. The number of rotatable bonds is 16. The summed E-state index contributed by atoms with van der Waals surface area (Å²) in [4.78, 5) is 50.8. The smallest absolute Gasteiger partial charge is 0.342 e. The second-order valence-electron chi connectivity index (χ2n) is 9.49. The van der Waals surface area contributed by atoms with Gasteiger partial charge in [0.15, 0.2) is 0 Å². The van der Waals surface area contributed by atoms with Crippen molar-refractivity contribution in [2.75, 3.05) is 26.2 Å². The van der Waals surface area contributed by atoms with Crippen molar-refractivity contribution in [3.8, 4) is 11.1 Å². The number of nitrogens with zero attached hydrogens (tertiary/aromatic N) is 1. The van der Waals surface area contributed by atoms with Gasteiger partial charge in [-0.25, -0.2) is 4.79 Å². The molecule has 2 unspecified atom stereocenters. The van der Waals surface area contributed by atoms with Crippen molar-refractivity contribution in [1.82, 2.24) is 16.0 Å². The molecule has 0 saturated heterocycles. The summed E-state index contributed by atoms with van der Waals surface area (Å²) < 4.78 is 5.62. The molecule has 40 heavy (non-hydrogen) atoms. The average Bonchev–Trinajstić information content (AvgIpc) is 3.26. The van der Waals surface area contributed by atoms with Gasteiger partial charge in [-0.05, 0) is 28.7 Å². The van der Waals surface area contributed by atoms with Crippen LogP contribution >= 0.6 is 0 Å². The number of nitrogens with one attached hydrogen (secondary N) is 3. The second-order valence-corrected chi connectivity index (χ2v) is 9.49. The van der Waals surface area contributed by atoms with E-state index in [1.165, 1.54) is 6.92 Å². The third-order valence-electron chi connectivity index (χ3n) is 6.75. The Hall–Kier alpha value is -3.75. The van der Waals surface area contributed by atoms with Gasteiger partial charge in [0, 0.05) is 31.8 Å². The summed E-state index contributed by atoms with van der Waals surface area (Å²) in [7, 11) is 0. The van der Waals surface area contributed by atoms with Crippen molar-refractivity contribution in [1.29, 1.82) is 0 Å². The molecule has 0 radical (unpaired) electrons. The Labute approximate surface area is 231 Å². The van der Waals surface area contributed by atoms with Gasteiger partial charge in [0.05, 0.1) is 25.7 Å². The molecule has 0 saturated carbocycles. The van der Waals surface area contributed by atoms with E-state index in [0.717, 1.165) is 22.3 Å². The van der Waals surface area contributed by atoms with E-state index in [4.69, 9.17) is 10.6 Å². The lowest BCUT2D eigenvalue weighted by molar-refractivity contribution is -0.159. The number of benzene rings is 2. The molecule has 216 valence electrons. The van der Waals surface area contributed by atoms with Crippen molar-refractivity contribution in [2.45, 2.75) is 44.2 Å². The lowest BCUT2D eigenvalue weighted by Crippen LogP contribution is -2.49. The van der Waals surface area contributed by atoms with Crippen LogP contribution in [-0.4, -0.2) is 72.8 Å². The van der Waals surface area contributed by atoms with Crippen molar-refractivity contribution in [2.24, 2.45) is 17.0 Å². The summed E-state index contributed by atoms with van der Waals surface area (Å²) in [6.07, 6.45) is -2.97. The van der Waals surface area contributed by atoms with Crippen LogP contribution in [0.2, 0.25) is 0 Å². The molecular formula is C27H35N5O8. The first-order valence-electron chi connectivity index (χ1n) is 12.9. The summed E-state index contributed by atoms with van der Waals surface area (Å²) in [5.41, 5.74) is 4.26. The maximum Gasteiger partial charge on any atom is 0.342 e. The van der Waals surface area contributed by atoms with E-state index in [1.54, 1.807) is 0 Å². The molecule has 2 aromatic rings. The number of nitrogens with two attached hydrogens (primary N) is 1. The predicted octanol–water partition coefficient (Wildman–Crippen LogP) is 0.243. The molecule has 0 fully saturated rings. The van der Waals surface area contributed by atoms with Gasteiger partial charge in [0.2, 0.25) is 18.2 Å². The highest BCUT2D eigenvalue weighted by Crippen LogP contribution is 2.44. The summed E-state index contributed by atoms with van der Waals surface area (Å²) in [6, 6.07) is 14.4. The molecule has 13 heteroatoms. The fraction of sp³-hybridized carbons (Fsp3) is 0.444. The molecule has 3 rings (SSSR count). The van der Waals surface area contributed by atoms with Crippen molar-refractivity contribution >= 4 is 17.8 Å². The number of ether oxygens (including phenoxy) is 1. The largest absolute Gasteiger partial charge is 0.393 e. The summed E-state index contributed by atoms with van der Waals surface area (Å²) >= 11 is 0. The molecule has 1 aliphatic carbocycles. The van der Waals surface area contributed by atoms with Crippen LogP contribution < -0.4 is 21.8 Å². The number of carbonyl (C=O) groups excluding carboxylic acids is 3. The number of aliphatic hydroxyl groups excluding tert-OH is 2. The van der Waals surface area contributed by atoms with E-state index in [1.807, 2.05) is 48.5 Å². The van der Waals surface area contributed by atoms with Crippen molar-refractivity contribution in [3.63, 3.8) is 0 Å². The number of nitroso groups, excluding NO2 is 1. The maximum atomic E-state index is 12.6. The fourth-order valence-corrected chi connectivity index (χ4v) is 4.69. The van der Waals surface area contributed by atoms with Gasteiger partial charge < -0.3 is 30.4 Å². The number of amides is 2. The fourth-order valence-electron chi connectivity index (χ4n) is 4.69. The molecule has 2 aromatic carbocycles. The van der Waals surface area contributed by atoms with Gasteiger partial charge in [-0.2, -0.15) is 10.8 Å². The van der Waals surface area contributed by atoms with E-state index in [0.29, 0.717) is 0 Å². The van der Waals surface area contributed by atoms with Crippen molar-refractivity contribution < 1.29 is 34.2 Å². The minimum atomic E-state index is -1.63. The minimum absolute atomic E-state index is 0.0928. The highest BCUT2D eigenvalue weighted by Gasteiger charge is 2.31. The zero-order valence-electron chi connectivity index (χ0n) is 22.1. The number of fused-ring (bicyclic) bond motifs is 3. The van der Waals surface area contributed by atoms with Crippen LogP contribution in [0.1, 0.15) is 36.8 Å². The van der Waals surface area contributed by atoms with Crippen LogP contribution in [0.3, 0.4) is 0 Å². The van der Waals surface area contributed by atoms with Gasteiger partial charge >= 0.3 is 5.97 Å².